The third kappa shape index (κ3) is 2.17. The summed E-state index contributed by atoms with van der Waals surface area (Å²) in [6.45, 7) is 4.60. The Morgan fingerprint density at radius 2 is 2.29 bits per heavy atom. The number of rotatable bonds is 2. The lowest BCUT2D eigenvalue weighted by Crippen LogP contribution is -2.17. The van der Waals surface area contributed by atoms with E-state index in [4.69, 9.17) is 11.6 Å². The van der Waals surface area contributed by atoms with Crippen LogP contribution in [0.15, 0.2) is 0 Å². The molecule has 1 N–H and O–H groups in total. The molecule has 1 aromatic heterocycles. The van der Waals surface area contributed by atoms with Crippen LogP contribution in [0, 0.1) is 5.41 Å². The first-order chi connectivity index (χ1) is 6.57. The zero-order valence-electron chi connectivity index (χ0n) is 8.38. The Kier molecular flexibility index (Phi) is 2.66. The van der Waals surface area contributed by atoms with Crippen molar-refractivity contribution in [2.45, 2.75) is 39.2 Å². The highest BCUT2D eigenvalue weighted by atomic mass is 35.5. The molecule has 0 aliphatic heterocycles. The van der Waals surface area contributed by atoms with Crippen LogP contribution in [0.25, 0.3) is 0 Å². The number of hydrogen-bond acceptors (Lipinski definition) is 4. The molecule has 1 aliphatic rings. The summed E-state index contributed by atoms with van der Waals surface area (Å²) in [4.78, 5) is 0. The predicted molar refractivity (Wildman–Crippen MR) is 60.0 cm³/mol. The van der Waals surface area contributed by atoms with E-state index >= 15 is 0 Å². The van der Waals surface area contributed by atoms with Gasteiger partial charge in [-0.3, -0.25) is 0 Å². The highest BCUT2D eigenvalue weighted by Gasteiger charge is 2.31. The summed E-state index contributed by atoms with van der Waals surface area (Å²) in [5.74, 6) is 0.749. The lowest BCUT2D eigenvalue weighted by molar-refractivity contribution is 0.378. The van der Waals surface area contributed by atoms with Crippen LogP contribution in [0.1, 0.15) is 33.1 Å². The average Bonchev–Trinajstić information content (AvgIpc) is 2.61. The Morgan fingerprint density at radius 3 is 2.79 bits per heavy atom. The maximum Gasteiger partial charge on any atom is 0.186 e. The van der Waals surface area contributed by atoms with Crippen molar-refractivity contribution in [3.05, 3.63) is 5.15 Å². The topological polar surface area (TPSA) is 37.8 Å². The van der Waals surface area contributed by atoms with E-state index in [9.17, 15) is 0 Å². The molecule has 1 heterocycles. The van der Waals surface area contributed by atoms with Crippen molar-refractivity contribution in [3.8, 4) is 0 Å². The summed E-state index contributed by atoms with van der Waals surface area (Å²) >= 11 is 7.02. The zero-order valence-corrected chi connectivity index (χ0v) is 9.95. The van der Waals surface area contributed by atoms with Gasteiger partial charge in [0.1, 0.15) is 0 Å². The SMILES string of the molecule is CC1(C)CCC(Nc2nsnc2Cl)C1. The van der Waals surface area contributed by atoms with Gasteiger partial charge in [-0.05, 0) is 24.7 Å². The lowest BCUT2D eigenvalue weighted by Gasteiger charge is -2.17. The van der Waals surface area contributed by atoms with E-state index in [1.54, 1.807) is 0 Å². The Labute approximate surface area is 93.2 Å². The molecule has 0 bridgehead atoms. The summed E-state index contributed by atoms with van der Waals surface area (Å²) < 4.78 is 8.04. The van der Waals surface area contributed by atoms with Crippen molar-refractivity contribution in [2.24, 2.45) is 5.41 Å². The van der Waals surface area contributed by atoms with E-state index in [0.29, 0.717) is 16.6 Å². The minimum atomic E-state index is 0.452. The summed E-state index contributed by atoms with van der Waals surface area (Å²) in [5, 5.41) is 3.85. The van der Waals surface area contributed by atoms with Gasteiger partial charge in [0.15, 0.2) is 11.0 Å². The van der Waals surface area contributed by atoms with Crippen LogP contribution in [-0.2, 0) is 0 Å². The fourth-order valence-electron chi connectivity index (χ4n) is 2.02. The fraction of sp³-hybridized carbons (Fsp3) is 0.778. The first-order valence-electron chi connectivity index (χ1n) is 4.81. The summed E-state index contributed by atoms with van der Waals surface area (Å²) in [6.07, 6.45) is 3.64. The van der Waals surface area contributed by atoms with Crippen molar-refractivity contribution in [2.75, 3.05) is 5.32 Å². The first-order valence-corrected chi connectivity index (χ1v) is 5.92. The van der Waals surface area contributed by atoms with E-state index in [1.807, 2.05) is 0 Å². The summed E-state index contributed by atoms with van der Waals surface area (Å²) in [6, 6.07) is 0.506. The first kappa shape index (κ1) is 10.2. The van der Waals surface area contributed by atoms with Crippen LogP contribution in [0.2, 0.25) is 5.15 Å². The van der Waals surface area contributed by atoms with Gasteiger partial charge in [0.25, 0.3) is 0 Å². The van der Waals surface area contributed by atoms with Gasteiger partial charge in [-0.15, -0.1) is 0 Å². The van der Waals surface area contributed by atoms with E-state index < -0.39 is 0 Å². The van der Waals surface area contributed by atoms with Crippen LogP contribution >= 0.6 is 23.3 Å². The maximum absolute atomic E-state index is 5.86. The molecule has 1 fully saturated rings. The molecule has 78 valence electrons. The molecule has 1 atom stereocenters. The van der Waals surface area contributed by atoms with Crippen molar-refractivity contribution in [3.63, 3.8) is 0 Å². The van der Waals surface area contributed by atoms with E-state index in [-0.39, 0.29) is 0 Å². The number of hydrogen-bond donors (Lipinski definition) is 1. The highest BCUT2D eigenvalue weighted by molar-refractivity contribution is 6.99. The molecule has 0 radical (unpaired) electrons. The molecule has 0 aromatic carbocycles. The van der Waals surface area contributed by atoms with Gasteiger partial charge in [-0.2, -0.15) is 8.75 Å². The van der Waals surface area contributed by atoms with Gasteiger partial charge >= 0.3 is 0 Å². The minimum absolute atomic E-state index is 0.452. The second-order valence-corrected chi connectivity index (χ2v) is 5.54. The van der Waals surface area contributed by atoms with Crippen molar-refractivity contribution in [1.29, 1.82) is 0 Å². The number of aromatic nitrogens is 2. The molecule has 1 aromatic rings. The molecule has 1 unspecified atom stereocenters. The number of anilines is 1. The van der Waals surface area contributed by atoms with Gasteiger partial charge < -0.3 is 5.32 Å². The van der Waals surface area contributed by atoms with Crippen LogP contribution in [0.3, 0.4) is 0 Å². The molecule has 2 rings (SSSR count). The van der Waals surface area contributed by atoms with Crippen molar-refractivity contribution in [1.82, 2.24) is 8.75 Å². The monoisotopic (exact) mass is 231 g/mol. The van der Waals surface area contributed by atoms with E-state index in [0.717, 1.165) is 17.5 Å². The van der Waals surface area contributed by atoms with Gasteiger partial charge in [0.05, 0.1) is 11.7 Å². The normalized spacial score (nSPS) is 25.2. The number of nitrogens with one attached hydrogen (secondary N) is 1. The maximum atomic E-state index is 5.86. The highest BCUT2D eigenvalue weighted by Crippen LogP contribution is 2.38. The Bertz CT molecular complexity index is 324. The molecular formula is C9H14ClN3S. The Hall–Kier alpha value is -0.350. The smallest absolute Gasteiger partial charge is 0.186 e. The van der Waals surface area contributed by atoms with E-state index in [2.05, 4.69) is 27.9 Å². The third-order valence-electron chi connectivity index (χ3n) is 2.76. The molecule has 0 saturated heterocycles. The van der Waals surface area contributed by atoms with Crippen LogP contribution in [-0.4, -0.2) is 14.8 Å². The van der Waals surface area contributed by atoms with Crippen LogP contribution < -0.4 is 5.32 Å². The third-order valence-corrected chi connectivity index (χ3v) is 3.65. The molecular weight excluding hydrogens is 218 g/mol. The second kappa shape index (κ2) is 3.66. The molecule has 0 spiro atoms. The van der Waals surface area contributed by atoms with E-state index in [1.165, 1.54) is 19.3 Å². The fourth-order valence-corrected chi connectivity index (χ4v) is 2.68. The van der Waals surface area contributed by atoms with Gasteiger partial charge in [-0.25, -0.2) is 0 Å². The molecule has 1 saturated carbocycles. The number of halogens is 1. The average molecular weight is 232 g/mol. The lowest BCUT2D eigenvalue weighted by atomic mass is 9.92. The Balaban J connectivity index is 1.97. The zero-order chi connectivity index (χ0) is 10.2. The van der Waals surface area contributed by atoms with Gasteiger partial charge in [0.2, 0.25) is 0 Å². The predicted octanol–water partition coefficient (Wildman–Crippen LogP) is 3.18. The van der Waals surface area contributed by atoms with Gasteiger partial charge in [0, 0.05) is 6.04 Å². The van der Waals surface area contributed by atoms with Crippen molar-refractivity contribution < 1.29 is 0 Å². The van der Waals surface area contributed by atoms with Crippen molar-refractivity contribution >= 4 is 29.1 Å². The molecule has 1 aliphatic carbocycles. The minimum Gasteiger partial charge on any atom is -0.364 e. The quantitative estimate of drug-likeness (QED) is 0.850. The largest absolute Gasteiger partial charge is 0.364 e. The molecule has 0 amide bonds. The Morgan fingerprint density at radius 1 is 1.50 bits per heavy atom. The standard InChI is InChI=1S/C9H14ClN3S/c1-9(2)4-3-6(5-9)11-8-7(10)12-14-13-8/h6H,3-5H2,1-2H3,(H,11,13). The van der Waals surface area contributed by atoms with Gasteiger partial charge in [-0.1, -0.05) is 25.4 Å². The summed E-state index contributed by atoms with van der Waals surface area (Å²) in [7, 11) is 0. The van der Waals surface area contributed by atoms with Crippen LogP contribution in [0.4, 0.5) is 5.82 Å². The van der Waals surface area contributed by atoms with Crippen LogP contribution in [0.5, 0.6) is 0 Å². The summed E-state index contributed by atoms with van der Waals surface area (Å²) in [5.41, 5.74) is 0.452. The molecule has 3 nitrogen and oxygen atoms in total. The molecule has 5 heteroatoms. The second-order valence-electron chi connectivity index (χ2n) is 4.65. The number of nitrogens with zero attached hydrogens (tertiary/aromatic N) is 2. The molecule has 14 heavy (non-hydrogen) atoms.